The molecule has 0 atom stereocenters. The lowest BCUT2D eigenvalue weighted by atomic mass is 10.2. The lowest BCUT2D eigenvalue weighted by Gasteiger charge is -2.10. The first kappa shape index (κ1) is 15.6. The molecule has 0 amide bonds. The summed E-state index contributed by atoms with van der Waals surface area (Å²) in [6.45, 7) is 2.11. The van der Waals surface area contributed by atoms with Crippen LogP contribution in [-0.2, 0) is 6.54 Å². The fourth-order valence-electron chi connectivity index (χ4n) is 1.73. The van der Waals surface area contributed by atoms with Crippen LogP contribution in [-0.4, -0.2) is 11.1 Å². The number of furan rings is 1. The molecular weight excluding hydrogens is 458 g/mol. The number of halogens is 3. The van der Waals surface area contributed by atoms with Gasteiger partial charge in [0.1, 0.15) is 5.76 Å². The Balaban J connectivity index is 2.17. The molecule has 0 bridgehead atoms. The van der Waals surface area contributed by atoms with Gasteiger partial charge in [-0.25, -0.2) is 4.79 Å². The van der Waals surface area contributed by atoms with Crippen LogP contribution in [0.5, 0.6) is 0 Å². The number of hydrogen-bond acceptors (Lipinski definition) is 3. The number of rotatable bonds is 4. The second kappa shape index (κ2) is 6.32. The Hall–Kier alpha value is -0.790. The first-order valence-electron chi connectivity index (χ1n) is 5.59. The van der Waals surface area contributed by atoms with Crippen LogP contribution in [0.3, 0.4) is 0 Å². The Bertz CT molecular complexity index is 644. The summed E-state index contributed by atoms with van der Waals surface area (Å²) >= 11 is 10.3. The number of carboxylic acids is 1. The molecule has 1 heterocycles. The maximum Gasteiger partial charge on any atom is 0.372 e. The van der Waals surface area contributed by atoms with E-state index in [-0.39, 0.29) is 5.76 Å². The number of carboxylic acid groups (broad SMARTS) is 1. The van der Waals surface area contributed by atoms with E-state index in [0.717, 1.165) is 19.1 Å². The molecule has 2 rings (SSSR count). The summed E-state index contributed by atoms with van der Waals surface area (Å²) in [5.74, 6) is -0.503. The van der Waals surface area contributed by atoms with E-state index in [2.05, 4.69) is 53.1 Å². The molecule has 2 aromatic rings. The van der Waals surface area contributed by atoms with Crippen molar-refractivity contribution >= 4 is 59.4 Å². The van der Waals surface area contributed by atoms with Crippen LogP contribution in [0, 0.1) is 6.92 Å². The summed E-state index contributed by atoms with van der Waals surface area (Å²) in [7, 11) is 0. The summed E-state index contributed by atoms with van der Waals surface area (Å²) in [6.07, 6.45) is 0. The summed E-state index contributed by atoms with van der Waals surface area (Å²) in [6, 6.07) is 5.56. The minimum atomic E-state index is -1.06. The molecule has 0 saturated carbocycles. The smallest absolute Gasteiger partial charge is 0.372 e. The Labute approximate surface area is 140 Å². The summed E-state index contributed by atoms with van der Waals surface area (Å²) < 4.78 is 8.03. The van der Waals surface area contributed by atoms with E-state index in [9.17, 15) is 4.79 Å². The Kier molecular flexibility index (Phi) is 4.93. The van der Waals surface area contributed by atoms with Crippen molar-refractivity contribution in [2.24, 2.45) is 0 Å². The van der Waals surface area contributed by atoms with Crippen LogP contribution < -0.4 is 5.32 Å². The zero-order valence-corrected chi connectivity index (χ0v) is 15.1. The van der Waals surface area contributed by atoms with Crippen LogP contribution in [0.15, 0.2) is 36.0 Å². The van der Waals surface area contributed by atoms with E-state index >= 15 is 0 Å². The fourth-order valence-corrected chi connectivity index (χ4v) is 4.27. The molecule has 0 radical (unpaired) electrons. The molecule has 0 unspecified atom stereocenters. The van der Waals surface area contributed by atoms with Crippen LogP contribution in [0.2, 0.25) is 0 Å². The highest BCUT2D eigenvalue weighted by molar-refractivity contribution is 9.11. The maximum atomic E-state index is 10.9. The third kappa shape index (κ3) is 3.45. The predicted molar refractivity (Wildman–Crippen MR) is 87.3 cm³/mol. The van der Waals surface area contributed by atoms with E-state index in [4.69, 9.17) is 9.52 Å². The maximum absolute atomic E-state index is 10.9. The molecule has 0 aliphatic heterocycles. The van der Waals surface area contributed by atoms with E-state index in [1.54, 1.807) is 13.0 Å². The molecule has 1 aromatic carbocycles. The quantitative estimate of drug-likeness (QED) is 0.650. The highest BCUT2D eigenvalue weighted by Crippen LogP contribution is 2.34. The topological polar surface area (TPSA) is 62.5 Å². The molecule has 106 valence electrons. The Morgan fingerprint density at radius 1 is 1.25 bits per heavy atom. The standard InChI is InChI=1S/C13H10Br3NO3/c1-6-2-8(20-12(6)13(18)19)5-17-11-9(15)3-7(14)4-10(11)16/h2-4,17H,5H2,1H3,(H,18,19). The summed E-state index contributed by atoms with van der Waals surface area (Å²) in [4.78, 5) is 10.9. The number of nitrogens with one attached hydrogen (secondary N) is 1. The molecule has 4 nitrogen and oxygen atoms in total. The van der Waals surface area contributed by atoms with Gasteiger partial charge in [-0.3, -0.25) is 0 Å². The van der Waals surface area contributed by atoms with Gasteiger partial charge in [0.2, 0.25) is 5.76 Å². The van der Waals surface area contributed by atoms with Crippen molar-refractivity contribution in [3.8, 4) is 0 Å². The second-order valence-electron chi connectivity index (χ2n) is 4.13. The lowest BCUT2D eigenvalue weighted by Crippen LogP contribution is -2.00. The molecule has 20 heavy (non-hydrogen) atoms. The molecule has 0 aliphatic carbocycles. The molecule has 0 spiro atoms. The number of aromatic carboxylic acids is 1. The van der Waals surface area contributed by atoms with E-state index in [1.165, 1.54) is 0 Å². The van der Waals surface area contributed by atoms with Crippen LogP contribution in [0.4, 0.5) is 5.69 Å². The van der Waals surface area contributed by atoms with Crippen molar-refractivity contribution in [2.75, 3.05) is 5.32 Å². The Morgan fingerprint density at radius 2 is 1.85 bits per heavy atom. The van der Waals surface area contributed by atoms with E-state index in [1.807, 2.05) is 12.1 Å². The molecule has 7 heteroatoms. The summed E-state index contributed by atoms with van der Waals surface area (Å²) in [5, 5.41) is 12.2. The van der Waals surface area contributed by atoms with Crippen molar-refractivity contribution in [1.82, 2.24) is 0 Å². The van der Waals surface area contributed by atoms with E-state index in [0.29, 0.717) is 17.9 Å². The van der Waals surface area contributed by atoms with Gasteiger partial charge in [-0.2, -0.15) is 0 Å². The minimum absolute atomic E-state index is 0.0178. The molecule has 2 N–H and O–H groups in total. The predicted octanol–water partition coefficient (Wildman–Crippen LogP) is 5.19. The first-order valence-corrected chi connectivity index (χ1v) is 7.97. The average Bonchev–Trinajstić information content (AvgIpc) is 2.69. The SMILES string of the molecule is Cc1cc(CNc2c(Br)cc(Br)cc2Br)oc1C(=O)O. The number of aryl methyl sites for hydroxylation is 1. The summed E-state index contributed by atoms with van der Waals surface area (Å²) in [5.41, 5.74) is 1.49. The lowest BCUT2D eigenvalue weighted by molar-refractivity contribution is 0.0659. The minimum Gasteiger partial charge on any atom is -0.475 e. The molecule has 1 aromatic heterocycles. The number of hydrogen-bond donors (Lipinski definition) is 2. The van der Waals surface area contributed by atoms with Gasteiger partial charge < -0.3 is 14.8 Å². The van der Waals surface area contributed by atoms with Crippen molar-refractivity contribution in [2.45, 2.75) is 13.5 Å². The number of carbonyl (C=O) groups is 1. The normalized spacial score (nSPS) is 10.6. The van der Waals surface area contributed by atoms with Gasteiger partial charge in [0.15, 0.2) is 0 Å². The van der Waals surface area contributed by atoms with Gasteiger partial charge in [0.25, 0.3) is 0 Å². The zero-order chi connectivity index (χ0) is 14.9. The second-order valence-corrected chi connectivity index (χ2v) is 6.75. The molecular formula is C13H10Br3NO3. The highest BCUT2D eigenvalue weighted by Gasteiger charge is 2.14. The van der Waals surface area contributed by atoms with Crippen LogP contribution >= 0.6 is 47.8 Å². The fraction of sp³-hybridized carbons (Fsp3) is 0.154. The van der Waals surface area contributed by atoms with Crippen molar-refractivity contribution in [1.29, 1.82) is 0 Å². The van der Waals surface area contributed by atoms with Crippen molar-refractivity contribution < 1.29 is 14.3 Å². The van der Waals surface area contributed by atoms with Gasteiger partial charge in [-0.15, -0.1) is 0 Å². The van der Waals surface area contributed by atoms with Crippen molar-refractivity contribution in [3.63, 3.8) is 0 Å². The monoisotopic (exact) mass is 465 g/mol. The molecule has 0 aliphatic rings. The average molecular weight is 468 g/mol. The van der Waals surface area contributed by atoms with Crippen LogP contribution in [0.25, 0.3) is 0 Å². The van der Waals surface area contributed by atoms with Gasteiger partial charge in [0, 0.05) is 19.0 Å². The number of anilines is 1. The van der Waals surface area contributed by atoms with Gasteiger partial charge >= 0.3 is 5.97 Å². The molecule has 0 fully saturated rings. The largest absolute Gasteiger partial charge is 0.475 e. The third-order valence-corrected chi connectivity index (χ3v) is 4.32. The first-order chi connectivity index (χ1) is 9.38. The van der Waals surface area contributed by atoms with E-state index < -0.39 is 5.97 Å². The zero-order valence-electron chi connectivity index (χ0n) is 10.3. The third-order valence-electron chi connectivity index (χ3n) is 2.61. The van der Waals surface area contributed by atoms with Gasteiger partial charge in [-0.05, 0) is 57.0 Å². The van der Waals surface area contributed by atoms with Gasteiger partial charge in [-0.1, -0.05) is 15.9 Å². The van der Waals surface area contributed by atoms with Gasteiger partial charge in [0.05, 0.1) is 12.2 Å². The Morgan fingerprint density at radius 3 is 2.35 bits per heavy atom. The number of benzene rings is 1. The molecule has 0 saturated heterocycles. The highest BCUT2D eigenvalue weighted by atomic mass is 79.9. The van der Waals surface area contributed by atoms with Crippen LogP contribution in [0.1, 0.15) is 21.9 Å². The van der Waals surface area contributed by atoms with Crippen molar-refractivity contribution in [3.05, 3.63) is 48.7 Å².